The van der Waals surface area contributed by atoms with E-state index in [0.717, 1.165) is 12.8 Å². The third-order valence-corrected chi connectivity index (χ3v) is 5.19. The van der Waals surface area contributed by atoms with Crippen molar-refractivity contribution in [3.8, 4) is 0 Å². The van der Waals surface area contributed by atoms with Crippen LogP contribution in [0, 0.1) is 11.8 Å². The Balaban J connectivity index is 1.58. The summed E-state index contributed by atoms with van der Waals surface area (Å²) in [4.78, 5) is 24.5. The summed E-state index contributed by atoms with van der Waals surface area (Å²) in [6, 6.07) is 18.0. The minimum Gasteiger partial charge on any atom is -0.462 e. The van der Waals surface area contributed by atoms with E-state index in [1.165, 1.54) is 19.3 Å². The van der Waals surface area contributed by atoms with Gasteiger partial charge in [-0.2, -0.15) is 0 Å². The molecule has 1 aliphatic carbocycles. The second-order valence-corrected chi connectivity index (χ2v) is 7.09. The van der Waals surface area contributed by atoms with Crippen LogP contribution in [0.3, 0.4) is 0 Å². The van der Waals surface area contributed by atoms with Gasteiger partial charge >= 0.3 is 11.9 Å². The zero-order chi connectivity index (χ0) is 18.9. The lowest BCUT2D eigenvalue weighted by molar-refractivity contribution is 0.0120. The minimum absolute atomic E-state index is 0.0330. The monoisotopic (exact) mass is 366 g/mol. The Labute approximate surface area is 160 Å². The lowest BCUT2D eigenvalue weighted by Crippen LogP contribution is -2.29. The summed E-state index contributed by atoms with van der Waals surface area (Å²) in [6.07, 6.45) is 5.80. The average Bonchev–Trinajstić information content (AvgIpc) is 2.75. The van der Waals surface area contributed by atoms with E-state index in [4.69, 9.17) is 9.47 Å². The number of carbonyl (C=O) groups excluding carboxylic acids is 2. The maximum atomic E-state index is 12.3. The molecule has 0 aromatic heterocycles. The summed E-state index contributed by atoms with van der Waals surface area (Å²) in [7, 11) is 0. The van der Waals surface area contributed by atoms with Crippen molar-refractivity contribution in [3.05, 3.63) is 71.8 Å². The quantitative estimate of drug-likeness (QED) is 0.654. The SMILES string of the molecule is O=C(OCC(COC(=O)c1ccccc1)C1CCCCC1)c1ccccc1. The molecule has 27 heavy (non-hydrogen) atoms. The molecule has 142 valence electrons. The first-order chi connectivity index (χ1) is 13.2. The molecular formula is C23H26O4. The Morgan fingerprint density at radius 3 is 1.63 bits per heavy atom. The van der Waals surface area contributed by atoms with Gasteiger partial charge < -0.3 is 9.47 Å². The van der Waals surface area contributed by atoms with Crippen LogP contribution in [0.4, 0.5) is 0 Å². The molecule has 0 N–H and O–H groups in total. The molecule has 0 radical (unpaired) electrons. The molecule has 0 heterocycles. The van der Waals surface area contributed by atoms with Crippen LogP contribution >= 0.6 is 0 Å². The highest BCUT2D eigenvalue weighted by molar-refractivity contribution is 5.89. The zero-order valence-corrected chi connectivity index (χ0v) is 15.5. The Hall–Kier alpha value is -2.62. The number of hydrogen-bond donors (Lipinski definition) is 0. The van der Waals surface area contributed by atoms with E-state index in [9.17, 15) is 9.59 Å². The van der Waals surface area contributed by atoms with Gasteiger partial charge in [0.25, 0.3) is 0 Å². The number of hydrogen-bond acceptors (Lipinski definition) is 4. The van der Waals surface area contributed by atoms with Crippen molar-refractivity contribution in [1.29, 1.82) is 0 Å². The lowest BCUT2D eigenvalue weighted by atomic mass is 9.80. The largest absolute Gasteiger partial charge is 0.462 e. The molecule has 0 bridgehead atoms. The van der Waals surface area contributed by atoms with Gasteiger partial charge in [0.05, 0.1) is 24.3 Å². The molecule has 4 heteroatoms. The maximum absolute atomic E-state index is 12.3. The normalized spacial score (nSPS) is 14.7. The van der Waals surface area contributed by atoms with E-state index in [-0.39, 0.29) is 31.1 Å². The summed E-state index contributed by atoms with van der Waals surface area (Å²) in [5.41, 5.74) is 1.09. The van der Waals surface area contributed by atoms with Gasteiger partial charge in [-0.25, -0.2) is 9.59 Å². The topological polar surface area (TPSA) is 52.6 Å². The van der Waals surface area contributed by atoms with Crippen molar-refractivity contribution >= 4 is 11.9 Å². The predicted molar refractivity (Wildman–Crippen MR) is 104 cm³/mol. The lowest BCUT2D eigenvalue weighted by Gasteiger charge is -2.29. The summed E-state index contributed by atoms with van der Waals surface area (Å²) < 4.78 is 11.1. The second kappa shape index (κ2) is 9.91. The molecule has 3 rings (SSSR count). The summed E-state index contributed by atoms with van der Waals surface area (Å²) in [5, 5.41) is 0. The molecule has 4 nitrogen and oxygen atoms in total. The number of benzene rings is 2. The van der Waals surface area contributed by atoms with Crippen molar-refractivity contribution in [2.75, 3.05) is 13.2 Å². The van der Waals surface area contributed by atoms with E-state index < -0.39 is 0 Å². The van der Waals surface area contributed by atoms with Crippen molar-refractivity contribution in [3.63, 3.8) is 0 Å². The number of ether oxygens (including phenoxy) is 2. The minimum atomic E-state index is -0.328. The summed E-state index contributed by atoms with van der Waals surface area (Å²) in [5.74, 6) is -0.201. The van der Waals surface area contributed by atoms with E-state index in [1.807, 2.05) is 36.4 Å². The number of carbonyl (C=O) groups is 2. The molecule has 2 aromatic rings. The fourth-order valence-corrected chi connectivity index (χ4v) is 3.61. The third kappa shape index (κ3) is 5.68. The molecular weight excluding hydrogens is 340 g/mol. The first kappa shape index (κ1) is 19.2. The van der Waals surface area contributed by atoms with E-state index in [0.29, 0.717) is 17.0 Å². The Bertz CT molecular complexity index is 665. The van der Waals surface area contributed by atoms with Crippen LogP contribution in [0.2, 0.25) is 0 Å². The standard InChI is InChI=1S/C23H26O4/c24-22(19-12-6-2-7-13-19)26-16-21(18-10-4-1-5-11-18)17-27-23(25)20-14-8-3-9-15-20/h2-3,6-9,12-15,18,21H,1,4-5,10-11,16-17H2. The zero-order valence-electron chi connectivity index (χ0n) is 15.5. The average molecular weight is 366 g/mol. The Morgan fingerprint density at radius 2 is 1.19 bits per heavy atom. The fourth-order valence-electron chi connectivity index (χ4n) is 3.61. The highest BCUT2D eigenvalue weighted by Gasteiger charge is 2.26. The van der Waals surface area contributed by atoms with Crippen molar-refractivity contribution in [1.82, 2.24) is 0 Å². The van der Waals surface area contributed by atoms with Crippen molar-refractivity contribution < 1.29 is 19.1 Å². The van der Waals surface area contributed by atoms with Gasteiger partial charge in [0, 0.05) is 5.92 Å². The molecule has 0 unspecified atom stereocenters. The van der Waals surface area contributed by atoms with Gasteiger partial charge in [0.2, 0.25) is 0 Å². The summed E-state index contributed by atoms with van der Waals surface area (Å²) >= 11 is 0. The van der Waals surface area contributed by atoms with Gasteiger partial charge in [0.1, 0.15) is 0 Å². The Morgan fingerprint density at radius 1 is 0.741 bits per heavy atom. The molecule has 0 saturated heterocycles. The second-order valence-electron chi connectivity index (χ2n) is 7.09. The van der Waals surface area contributed by atoms with E-state index in [1.54, 1.807) is 24.3 Å². The molecule has 0 spiro atoms. The number of rotatable bonds is 7. The molecule has 0 atom stereocenters. The van der Waals surface area contributed by atoms with Crippen LogP contribution in [0.25, 0.3) is 0 Å². The maximum Gasteiger partial charge on any atom is 0.338 e. The van der Waals surface area contributed by atoms with Gasteiger partial charge in [0.15, 0.2) is 0 Å². The highest BCUT2D eigenvalue weighted by Crippen LogP contribution is 2.31. The van der Waals surface area contributed by atoms with Crippen LogP contribution in [-0.4, -0.2) is 25.2 Å². The predicted octanol–water partition coefficient (Wildman–Crippen LogP) is 4.90. The van der Waals surface area contributed by atoms with Gasteiger partial charge in [-0.1, -0.05) is 55.7 Å². The first-order valence-corrected chi connectivity index (χ1v) is 9.68. The molecule has 1 fully saturated rings. The van der Waals surface area contributed by atoms with Gasteiger partial charge in [-0.3, -0.25) is 0 Å². The van der Waals surface area contributed by atoms with Crippen LogP contribution < -0.4 is 0 Å². The van der Waals surface area contributed by atoms with Crippen LogP contribution in [0.5, 0.6) is 0 Å². The fraction of sp³-hybridized carbons (Fsp3) is 0.391. The van der Waals surface area contributed by atoms with Crippen LogP contribution in [0.15, 0.2) is 60.7 Å². The highest BCUT2D eigenvalue weighted by atomic mass is 16.5. The molecule has 1 saturated carbocycles. The van der Waals surface area contributed by atoms with E-state index in [2.05, 4.69) is 0 Å². The van der Waals surface area contributed by atoms with Crippen LogP contribution in [0.1, 0.15) is 52.8 Å². The van der Waals surface area contributed by atoms with Gasteiger partial charge in [-0.05, 0) is 43.0 Å². The Kier molecular flexibility index (Phi) is 7.03. The van der Waals surface area contributed by atoms with Gasteiger partial charge in [-0.15, -0.1) is 0 Å². The van der Waals surface area contributed by atoms with E-state index >= 15 is 0 Å². The van der Waals surface area contributed by atoms with Crippen molar-refractivity contribution in [2.45, 2.75) is 32.1 Å². The molecule has 2 aromatic carbocycles. The molecule has 1 aliphatic rings. The molecule has 0 aliphatic heterocycles. The summed E-state index contributed by atoms with van der Waals surface area (Å²) in [6.45, 7) is 0.556. The third-order valence-electron chi connectivity index (χ3n) is 5.19. The number of esters is 2. The smallest absolute Gasteiger partial charge is 0.338 e. The van der Waals surface area contributed by atoms with Crippen molar-refractivity contribution in [2.24, 2.45) is 11.8 Å². The van der Waals surface area contributed by atoms with Crippen LogP contribution in [-0.2, 0) is 9.47 Å². The first-order valence-electron chi connectivity index (χ1n) is 9.68. The molecule has 0 amide bonds.